The molecular formula is C32H38ClNO. The summed E-state index contributed by atoms with van der Waals surface area (Å²) in [7, 11) is 0. The largest absolute Gasteiger partial charge is 0.365 e. The van der Waals surface area contributed by atoms with Crippen molar-refractivity contribution in [2.45, 2.75) is 57.7 Å². The number of rotatable bonds is 4. The van der Waals surface area contributed by atoms with Crippen LogP contribution in [0.5, 0.6) is 0 Å². The van der Waals surface area contributed by atoms with E-state index < -0.39 is 0 Å². The van der Waals surface area contributed by atoms with Crippen LogP contribution in [0.1, 0.15) is 66.0 Å². The van der Waals surface area contributed by atoms with Crippen molar-refractivity contribution < 1.29 is 4.74 Å². The SMILES string of the molecule is C[C@@H]1CN(CCCC2c3ccccc3CCc3ccccc32)C[C@H](C)C12OCc1ccccc12.Cl. The van der Waals surface area contributed by atoms with Gasteiger partial charge in [0, 0.05) is 30.8 Å². The lowest BCUT2D eigenvalue weighted by molar-refractivity contribution is -0.149. The fourth-order valence-corrected chi connectivity index (χ4v) is 7.38. The number of hydrogen-bond donors (Lipinski definition) is 0. The molecule has 0 aromatic heterocycles. The molecule has 3 aromatic rings. The number of benzene rings is 3. The molecule has 184 valence electrons. The average Bonchev–Trinajstić information content (AvgIpc) is 3.18. The Hall–Kier alpha value is -2.13. The van der Waals surface area contributed by atoms with Crippen molar-refractivity contribution in [1.82, 2.24) is 4.90 Å². The van der Waals surface area contributed by atoms with E-state index in [0.29, 0.717) is 17.8 Å². The van der Waals surface area contributed by atoms with Gasteiger partial charge in [-0.25, -0.2) is 0 Å². The molecule has 0 amide bonds. The third-order valence-electron chi connectivity index (χ3n) is 8.92. The summed E-state index contributed by atoms with van der Waals surface area (Å²) in [5.74, 6) is 1.52. The van der Waals surface area contributed by atoms with E-state index in [1.165, 1.54) is 30.5 Å². The quantitative estimate of drug-likeness (QED) is 0.388. The molecule has 2 aliphatic heterocycles. The van der Waals surface area contributed by atoms with Crippen LogP contribution in [0.3, 0.4) is 0 Å². The Morgan fingerprint density at radius 1 is 0.771 bits per heavy atom. The van der Waals surface area contributed by atoms with Gasteiger partial charge in [0.1, 0.15) is 5.60 Å². The highest BCUT2D eigenvalue weighted by atomic mass is 35.5. The lowest BCUT2D eigenvalue weighted by Gasteiger charge is -2.49. The zero-order valence-electron chi connectivity index (χ0n) is 21.1. The van der Waals surface area contributed by atoms with Gasteiger partial charge in [0.25, 0.3) is 0 Å². The number of hydrogen-bond acceptors (Lipinski definition) is 2. The average molecular weight is 488 g/mol. The molecular weight excluding hydrogens is 450 g/mol. The fourth-order valence-electron chi connectivity index (χ4n) is 7.38. The van der Waals surface area contributed by atoms with E-state index >= 15 is 0 Å². The third-order valence-corrected chi connectivity index (χ3v) is 8.92. The maximum Gasteiger partial charge on any atom is 0.101 e. The van der Waals surface area contributed by atoms with E-state index in [0.717, 1.165) is 32.5 Å². The molecule has 6 rings (SSSR count). The maximum atomic E-state index is 6.59. The van der Waals surface area contributed by atoms with Gasteiger partial charge in [0.15, 0.2) is 0 Å². The number of likely N-dealkylation sites (tertiary alicyclic amines) is 1. The molecule has 3 aromatic carbocycles. The lowest BCUT2D eigenvalue weighted by atomic mass is 9.70. The van der Waals surface area contributed by atoms with Crippen LogP contribution in [-0.2, 0) is 29.8 Å². The topological polar surface area (TPSA) is 12.5 Å². The summed E-state index contributed by atoms with van der Waals surface area (Å²) in [5.41, 5.74) is 8.93. The molecule has 1 unspecified atom stereocenters. The molecule has 1 spiro atoms. The summed E-state index contributed by atoms with van der Waals surface area (Å²) in [6.45, 7) is 9.00. The van der Waals surface area contributed by atoms with Crippen molar-refractivity contribution in [3.05, 3.63) is 106 Å². The Labute approximate surface area is 217 Å². The van der Waals surface area contributed by atoms with Crippen LogP contribution in [0, 0.1) is 11.8 Å². The summed E-state index contributed by atoms with van der Waals surface area (Å²) in [6, 6.07) is 27.2. The Balaban J connectivity index is 0.00000253. The second-order valence-electron chi connectivity index (χ2n) is 10.9. The van der Waals surface area contributed by atoms with E-state index in [1.54, 1.807) is 22.3 Å². The van der Waals surface area contributed by atoms with Crippen molar-refractivity contribution in [3.8, 4) is 0 Å². The van der Waals surface area contributed by atoms with E-state index in [2.05, 4.69) is 91.5 Å². The van der Waals surface area contributed by atoms with Gasteiger partial charge in [-0.05, 0) is 65.6 Å². The number of ether oxygens (including phenoxy) is 1. The first kappa shape index (κ1) is 24.6. The Bertz CT molecular complexity index is 1110. The summed E-state index contributed by atoms with van der Waals surface area (Å²) in [6.07, 6.45) is 4.78. The zero-order valence-corrected chi connectivity index (χ0v) is 21.9. The predicted molar refractivity (Wildman–Crippen MR) is 146 cm³/mol. The second kappa shape index (κ2) is 10.1. The standard InChI is InChI=1S/C32H37NO.ClH/c1-23-20-33(21-24(2)32(23)31-16-8-5-12-27(31)22-34-32)19-9-15-30-28-13-6-3-10-25(28)17-18-26-11-4-7-14-29(26)30;/h3-8,10-14,16,23-24,30H,9,15,17-22H2,1-2H3;1H/t23-,24+,32?;. The van der Waals surface area contributed by atoms with Gasteiger partial charge >= 0.3 is 0 Å². The van der Waals surface area contributed by atoms with Crippen molar-refractivity contribution in [2.24, 2.45) is 11.8 Å². The van der Waals surface area contributed by atoms with Gasteiger partial charge in [-0.15, -0.1) is 12.4 Å². The number of halogens is 1. The summed E-state index contributed by atoms with van der Waals surface area (Å²) in [5, 5.41) is 0. The summed E-state index contributed by atoms with van der Waals surface area (Å²) >= 11 is 0. The minimum atomic E-state index is -0.105. The van der Waals surface area contributed by atoms with Crippen LogP contribution in [0.2, 0.25) is 0 Å². The molecule has 0 radical (unpaired) electrons. The van der Waals surface area contributed by atoms with Crippen LogP contribution >= 0.6 is 12.4 Å². The highest BCUT2D eigenvalue weighted by Crippen LogP contribution is 2.50. The molecule has 1 saturated heterocycles. The highest BCUT2D eigenvalue weighted by molar-refractivity contribution is 5.85. The normalized spacial score (nSPS) is 25.9. The van der Waals surface area contributed by atoms with Crippen LogP contribution < -0.4 is 0 Å². The second-order valence-corrected chi connectivity index (χ2v) is 10.9. The van der Waals surface area contributed by atoms with Crippen LogP contribution in [-0.4, -0.2) is 24.5 Å². The molecule has 3 aliphatic rings. The molecule has 3 heteroatoms. The minimum absolute atomic E-state index is 0. The van der Waals surface area contributed by atoms with Crippen molar-refractivity contribution in [3.63, 3.8) is 0 Å². The predicted octanol–water partition coefficient (Wildman–Crippen LogP) is 7.13. The van der Waals surface area contributed by atoms with Gasteiger partial charge in [-0.2, -0.15) is 0 Å². The molecule has 0 N–H and O–H groups in total. The molecule has 0 bridgehead atoms. The maximum absolute atomic E-state index is 6.59. The number of nitrogens with zero attached hydrogens (tertiary/aromatic N) is 1. The third kappa shape index (κ3) is 4.24. The molecule has 0 saturated carbocycles. The zero-order chi connectivity index (χ0) is 23.1. The number of aryl methyl sites for hydroxylation is 2. The van der Waals surface area contributed by atoms with Gasteiger partial charge in [0.2, 0.25) is 0 Å². The van der Waals surface area contributed by atoms with Crippen molar-refractivity contribution in [1.29, 1.82) is 0 Å². The molecule has 1 aliphatic carbocycles. The molecule has 2 heterocycles. The molecule has 1 fully saturated rings. The van der Waals surface area contributed by atoms with Crippen LogP contribution in [0.15, 0.2) is 72.8 Å². The minimum Gasteiger partial charge on any atom is -0.365 e. The molecule has 35 heavy (non-hydrogen) atoms. The Kier molecular flexibility index (Phi) is 7.08. The smallest absolute Gasteiger partial charge is 0.101 e. The summed E-state index contributed by atoms with van der Waals surface area (Å²) < 4.78 is 6.59. The van der Waals surface area contributed by atoms with Crippen molar-refractivity contribution in [2.75, 3.05) is 19.6 Å². The van der Waals surface area contributed by atoms with E-state index in [1.807, 2.05) is 0 Å². The van der Waals surface area contributed by atoms with Gasteiger partial charge in [-0.3, -0.25) is 0 Å². The molecule has 2 nitrogen and oxygen atoms in total. The Morgan fingerprint density at radius 3 is 1.94 bits per heavy atom. The monoisotopic (exact) mass is 487 g/mol. The summed E-state index contributed by atoms with van der Waals surface area (Å²) in [4.78, 5) is 2.71. The first-order valence-electron chi connectivity index (χ1n) is 13.3. The van der Waals surface area contributed by atoms with Crippen LogP contribution in [0.4, 0.5) is 0 Å². The first-order chi connectivity index (χ1) is 16.7. The van der Waals surface area contributed by atoms with Crippen molar-refractivity contribution >= 4 is 12.4 Å². The van der Waals surface area contributed by atoms with Crippen LogP contribution in [0.25, 0.3) is 0 Å². The highest BCUT2D eigenvalue weighted by Gasteiger charge is 2.51. The Morgan fingerprint density at radius 2 is 1.31 bits per heavy atom. The van der Waals surface area contributed by atoms with Gasteiger partial charge in [-0.1, -0.05) is 86.6 Å². The fraction of sp³-hybridized carbons (Fsp3) is 0.438. The van der Waals surface area contributed by atoms with E-state index in [4.69, 9.17) is 4.74 Å². The van der Waals surface area contributed by atoms with Gasteiger partial charge < -0.3 is 9.64 Å². The first-order valence-corrected chi connectivity index (χ1v) is 13.3. The molecule has 3 atom stereocenters. The number of piperidine rings is 1. The number of fused-ring (bicyclic) bond motifs is 4. The lowest BCUT2D eigenvalue weighted by Crippen LogP contribution is -2.54. The van der Waals surface area contributed by atoms with E-state index in [9.17, 15) is 0 Å². The van der Waals surface area contributed by atoms with E-state index in [-0.39, 0.29) is 18.0 Å². The van der Waals surface area contributed by atoms with Gasteiger partial charge in [0.05, 0.1) is 6.61 Å².